The molecule has 0 saturated carbocycles. The molecular weight excluding hydrogens is 540 g/mol. The van der Waals surface area contributed by atoms with Crippen molar-refractivity contribution in [1.29, 1.82) is 0 Å². The van der Waals surface area contributed by atoms with Crippen LogP contribution in [0.4, 0.5) is 0 Å². The van der Waals surface area contributed by atoms with Crippen molar-refractivity contribution in [2.75, 3.05) is 0 Å². The molecule has 4 aromatic heterocycles. The van der Waals surface area contributed by atoms with Gasteiger partial charge in [-0.15, -0.1) is 0 Å². The average Bonchev–Trinajstić information content (AvgIpc) is 3.79. The molecule has 9 aromatic rings. The summed E-state index contributed by atoms with van der Waals surface area (Å²) < 4.78 is 12.3. The van der Waals surface area contributed by atoms with Gasteiger partial charge in [-0.1, -0.05) is 84.9 Å². The fraction of sp³-hybridized carbons (Fsp3) is 0.0256. The number of pyridine rings is 1. The molecule has 0 atom stereocenters. The molecule has 0 bridgehead atoms. The largest absolute Gasteiger partial charge is 0.464 e. The minimum atomic E-state index is 0.799. The van der Waals surface area contributed by atoms with Gasteiger partial charge in [0.25, 0.3) is 6.33 Å². The van der Waals surface area contributed by atoms with Crippen molar-refractivity contribution < 1.29 is 8.98 Å². The molecule has 9 rings (SSSR count). The highest BCUT2D eigenvalue weighted by atomic mass is 16.3. The van der Waals surface area contributed by atoms with E-state index in [4.69, 9.17) is 9.40 Å². The van der Waals surface area contributed by atoms with Crippen LogP contribution in [-0.2, 0) is 6.42 Å². The molecule has 5 aromatic carbocycles. The summed E-state index contributed by atoms with van der Waals surface area (Å²) in [5, 5.41) is 3.41. The third-order valence-electron chi connectivity index (χ3n) is 8.45. The standard InChI is InChI=1S/C39H26N4O/c1-2-10-30(11-3-1)41-26-42(36-16-7-6-15-35(36)41)31-12-8-9-27(22-31)21-28-17-18-33-32-13-4-5-14-34(32)43(37(33)23-28)39-24-38-29(25-40-39)19-20-44-38/h1-20,22-25H,21H2. The van der Waals surface area contributed by atoms with Gasteiger partial charge in [-0.2, -0.15) is 0 Å². The molecule has 5 nitrogen and oxygen atoms in total. The molecule has 0 radical (unpaired) electrons. The Morgan fingerprint density at radius 1 is 0.659 bits per heavy atom. The summed E-state index contributed by atoms with van der Waals surface area (Å²) in [6.07, 6.45) is 8.00. The number of imidazole rings is 1. The van der Waals surface area contributed by atoms with E-state index < -0.39 is 0 Å². The first-order valence-corrected chi connectivity index (χ1v) is 14.8. The lowest BCUT2D eigenvalue weighted by Gasteiger charge is -2.09. The van der Waals surface area contributed by atoms with E-state index in [1.54, 1.807) is 6.26 Å². The number of para-hydroxylation sites is 4. The minimum absolute atomic E-state index is 0.799. The molecule has 0 fully saturated rings. The van der Waals surface area contributed by atoms with Crippen molar-refractivity contribution in [2.24, 2.45) is 0 Å². The summed E-state index contributed by atoms with van der Waals surface area (Å²) in [7, 11) is 0. The Hall–Kier alpha value is -5.94. The van der Waals surface area contributed by atoms with Gasteiger partial charge in [0.15, 0.2) is 0 Å². The number of furan rings is 1. The number of nitrogens with zero attached hydrogens (tertiary/aromatic N) is 4. The summed E-state index contributed by atoms with van der Waals surface area (Å²) in [6.45, 7) is 0. The van der Waals surface area contributed by atoms with Crippen molar-refractivity contribution in [2.45, 2.75) is 6.42 Å². The average molecular weight is 567 g/mol. The number of rotatable bonds is 5. The van der Waals surface area contributed by atoms with Crippen molar-refractivity contribution in [1.82, 2.24) is 14.1 Å². The van der Waals surface area contributed by atoms with Crippen LogP contribution in [0.5, 0.6) is 0 Å². The molecule has 0 unspecified atom stereocenters. The number of benzene rings is 5. The van der Waals surface area contributed by atoms with Crippen molar-refractivity contribution in [3.63, 3.8) is 0 Å². The predicted octanol–water partition coefficient (Wildman–Crippen LogP) is 8.54. The number of hydrogen-bond acceptors (Lipinski definition) is 2. The van der Waals surface area contributed by atoms with Gasteiger partial charge in [0, 0.05) is 28.4 Å². The maximum atomic E-state index is 5.73. The first kappa shape index (κ1) is 24.6. The van der Waals surface area contributed by atoms with Crippen LogP contribution in [0.15, 0.2) is 150 Å². The molecule has 208 valence electrons. The molecule has 5 heteroatoms. The SMILES string of the molecule is [c-]1n(-c2cccc(Cc3ccc4c5ccccc5n(-c5cc6occc6cn5)c4c3)c2)c2ccccc2[n+]1-c1ccccc1. The topological polar surface area (TPSA) is 39.8 Å². The Labute approximate surface area is 253 Å². The molecule has 0 aliphatic carbocycles. The van der Waals surface area contributed by atoms with Gasteiger partial charge in [-0.3, -0.25) is 13.7 Å². The summed E-state index contributed by atoms with van der Waals surface area (Å²) >= 11 is 0. The number of aromatic nitrogens is 4. The summed E-state index contributed by atoms with van der Waals surface area (Å²) in [4.78, 5) is 4.82. The van der Waals surface area contributed by atoms with E-state index in [9.17, 15) is 0 Å². The summed E-state index contributed by atoms with van der Waals surface area (Å²) in [5.74, 6) is 0.847. The van der Waals surface area contributed by atoms with Crippen molar-refractivity contribution >= 4 is 43.8 Å². The van der Waals surface area contributed by atoms with Gasteiger partial charge in [0.1, 0.15) is 11.4 Å². The number of hydrogen-bond donors (Lipinski definition) is 0. The zero-order chi connectivity index (χ0) is 29.0. The van der Waals surface area contributed by atoms with Crippen molar-refractivity contribution in [3.05, 3.63) is 163 Å². The zero-order valence-electron chi connectivity index (χ0n) is 23.8. The lowest BCUT2D eigenvalue weighted by atomic mass is 10.0. The molecule has 0 aliphatic rings. The van der Waals surface area contributed by atoms with Crippen molar-refractivity contribution in [3.8, 4) is 17.2 Å². The maximum Gasteiger partial charge on any atom is 0.269 e. The van der Waals surface area contributed by atoms with Crippen LogP contribution >= 0.6 is 0 Å². The molecule has 0 saturated heterocycles. The van der Waals surface area contributed by atoms with E-state index >= 15 is 0 Å². The molecule has 0 aliphatic heterocycles. The van der Waals surface area contributed by atoms with Gasteiger partial charge in [-0.05, 0) is 60.0 Å². The van der Waals surface area contributed by atoms with E-state index in [0.717, 1.165) is 56.6 Å². The highest BCUT2D eigenvalue weighted by molar-refractivity contribution is 6.09. The maximum absolute atomic E-state index is 5.73. The fourth-order valence-corrected chi connectivity index (χ4v) is 6.40. The molecular formula is C39H26N4O. The van der Waals surface area contributed by atoms with Crippen LogP contribution in [0.1, 0.15) is 11.1 Å². The first-order chi connectivity index (χ1) is 21.8. The van der Waals surface area contributed by atoms with Gasteiger partial charge < -0.3 is 4.42 Å². The Balaban J connectivity index is 1.14. The highest BCUT2D eigenvalue weighted by Crippen LogP contribution is 2.33. The van der Waals surface area contributed by atoms with Crippen LogP contribution in [0, 0.1) is 6.33 Å². The minimum Gasteiger partial charge on any atom is -0.464 e. The van der Waals surface area contributed by atoms with Crippen LogP contribution in [0.25, 0.3) is 61.0 Å². The quantitative estimate of drug-likeness (QED) is 0.155. The van der Waals surface area contributed by atoms with Crippen LogP contribution < -0.4 is 4.57 Å². The van der Waals surface area contributed by atoms with Gasteiger partial charge in [0.2, 0.25) is 0 Å². The monoisotopic (exact) mass is 566 g/mol. The van der Waals surface area contributed by atoms with Gasteiger partial charge >= 0.3 is 0 Å². The van der Waals surface area contributed by atoms with E-state index in [1.807, 2.05) is 24.4 Å². The fourth-order valence-electron chi connectivity index (χ4n) is 6.40. The normalized spacial score (nSPS) is 11.7. The van der Waals surface area contributed by atoms with E-state index in [1.165, 1.54) is 21.9 Å². The van der Waals surface area contributed by atoms with Gasteiger partial charge in [0.05, 0.1) is 39.7 Å². The zero-order valence-corrected chi connectivity index (χ0v) is 23.8. The van der Waals surface area contributed by atoms with E-state index in [-0.39, 0.29) is 0 Å². The smallest absolute Gasteiger partial charge is 0.269 e. The third kappa shape index (κ3) is 3.94. The second kappa shape index (κ2) is 9.82. The third-order valence-corrected chi connectivity index (χ3v) is 8.45. The Morgan fingerprint density at radius 3 is 2.39 bits per heavy atom. The Morgan fingerprint density at radius 2 is 1.45 bits per heavy atom. The summed E-state index contributed by atoms with van der Waals surface area (Å²) in [5.41, 5.74) is 9.95. The highest BCUT2D eigenvalue weighted by Gasteiger charge is 2.16. The van der Waals surface area contributed by atoms with Gasteiger partial charge in [-0.25, -0.2) is 4.98 Å². The molecule has 0 N–H and O–H groups in total. The molecule has 44 heavy (non-hydrogen) atoms. The van der Waals surface area contributed by atoms with Crippen LogP contribution in [0.2, 0.25) is 0 Å². The lowest BCUT2D eigenvalue weighted by Crippen LogP contribution is -2.29. The van der Waals surface area contributed by atoms with Crippen LogP contribution in [-0.4, -0.2) is 14.1 Å². The Bertz CT molecular complexity index is 2480. The summed E-state index contributed by atoms with van der Waals surface area (Å²) in [6, 6.07) is 46.9. The lowest BCUT2D eigenvalue weighted by molar-refractivity contribution is -0.572. The van der Waals surface area contributed by atoms with E-state index in [2.05, 4.69) is 135 Å². The van der Waals surface area contributed by atoms with E-state index in [0.29, 0.717) is 0 Å². The second-order valence-electron chi connectivity index (χ2n) is 11.1. The second-order valence-corrected chi connectivity index (χ2v) is 11.1. The number of fused-ring (bicyclic) bond motifs is 5. The predicted molar refractivity (Wildman–Crippen MR) is 175 cm³/mol. The Kier molecular flexibility index (Phi) is 5.50. The van der Waals surface area contributed by atoms with Crippen LogP contribution in [0.3, 0.4) is 0 Å². The first-order valence-electron chi connectivity index (χ1n) is 14.8. The molecule has 0 spiro atoms. The molecule has 4 heterocycles. The molecule has 0 amide bonds.